The molecule has 0 aliphatic carbocycles. The summed E-state index contributed by atoms with van der Waals surface area (Å²) in [5, 5.41) is 4.16. The van der Waals surface area contributed by atoms with Gasteiger partial charge in [0.15, 0.2) is 0 Å². The van der Waals surface area contributed by atoms with Crippen LogP contribution in [0.4, 0.5) is 4.39 Å². The normalized spacial score (nSPS) is 12.4. The highest BCUT2D eigenvalue weighted by molar-refractivity contribution is 9.10. The molecule has 0 saturated heterocycles. The van der Waals surface area contributed by atoms with Crippen molar-refractivity contribution in [1.29, 1.82) is 0 Å². The fourth-order valence-corrected chi connectivity index (χ4v) is 3.03. The Morgan fingerprint density at radius 1 is 1.20 bits per heavy atom. The van der Waals surface area contributed by atoms with Gasteiger partial charge in [0.25, 0.3) is 0 Å². The summed E-state index contributed by atoms with van der Waals surface area (Å²) in [6, 6.07) is 10.3. The Hall–Kier alpha value is -0.610. The van der Waals surface area contributed by atoms with E-state index in [-0.39, 0.29) is 11.9 Å². The Morgan fingerprint density at radius 2 is 1.95 bits per heavy atom. The summed E-state index contributed by atoms with van der Waals surface area (Å²) in [7, 11) is 1.81. The van der Waals surface area contributed by atoms with Gasteiger partial charge in [-0.15, -0.1) is 0 Å². The Kier molecular flexibility index (Phi) is 5.44. The van der Waals surface area contributed by atoms with Gasteiger partial charge < -0.3 is 5.32 Å². The molecule has 0 bridgehead atoms. The predicted molar refractivity (Wildman–Crippen MR) is 86.1 cm³/mol. The van der Waals surface area contributed by atoms with Crippen molar-refractivity contribution >= 4 is 39.1 Å². The van der Waals surface area contributed by atoms with Crippen molar-refractivity contribution in [2.24, 2.45) is 0 Å². The lowest BCUT2D eigenvalue weighted by Gasteiger charge is -2.19. The zero-order valence-electron chi connectivity index (χ0n) is 10.8. The van der Waals surface area contributed by atoms with Gasteiger partial charge in [-0.3, -0.25) is 0 Å². The molecule has 20 heavy (non-hydrogen) atoms. The second-order valence-electron chi connectivity index (χ2n) is 4.43. The molecule has 0 heterocycles. The van der Waals surface area contributed by atoms with Crippen LogP contribution in [0.1, 0.15) is 17.2 Å². The molecule has 0 amide bonds. The molecule has 1 unspecified atom stereocenters. The largest absolute Gasteiger partial charge is 0.313 e. The predicted octanol–water partition coefficient (Wildman–Crippen LogP) is 5.40. The molecule has 0 spiro atoms. The minimum absolute atomic E-state index is 0.150. The fourth-order valence-electron chi connectivity index (χ4n) is 2.09. The van der Waals surface area contributed by atoms with Crippen molar-refractivity contribution in [2.45, 2.75) is 12.5 Å². The van der Waals surface area contributed by atoms with Crippen LogP contribution < -0.4 is 5.32 Å². The van der Waals surface area contributed by atoms with Gasteiger partial charge in [0.05, 0.1) is 10.0 Å². The summed E-state index contributed by atoms with van der Waals surface area (Å²) >= 11 is 15.3. The second kappa shape index (κ2) is 6.90. The lowest BCUT2D eigenvalue weighted by atomic mass is 9.98. The number of benzene rings is 2. The van der Waals surface area contributed by atoms with Crippen LogP contribution in [0, 0.1) is 5.82 Å². The van der Waals surface area contributed by atoms with Gasteiger partial charge in [0.2, 0.25) is 0 Å². The highest BCUT2D eigenvalue weighted by Crippen LogP contribution is 2.30. The highest BCUT2D eigenvalue weighted by atomic mass is 79.9. The highest BCUT2D eigenvalue weighted by Gasteiger charge is 2.18. The minimum Gasteiger partial charge on any atom is -0.313 e. The summed E-state index contributed by atoms with van der Waals surface area (Å²) in [6.07, 6.45) is 0.618. The molecular formula is C15H13BrCl2FN. The van der Waals surface area contributed by atoms with E-state index < -0.39 is 0 Å². The lowest BCUT2D eigenvalue weighted by molar-refractivity contribution is 0.531. The zero-order chi connectivity index (χ0) is 14.7. The number of hydrogen-bond acceptors (Lipinski definition) is 1. The maximum Gasteiger partial charge on any atom is 0.129 e. The van der Waals surface area contributed by atoms with Crippen molar-refractivity contribution in [3.05, 3.63) is 67.9 Å². The van der Waals surface area contributed by atoms with E-state index in [0.717, 1.165) is 10.0 Å². The third kappa shape index (κ3) is 3.53. The molecule has 2 aromatic rings. The van der Waals surface area contributed by atoms with Crippen LogP contribution in [-0.4, -0.2) is 7.05 Å². The van der Waals surface area contributed by atoms with Crippen LogP contribution in [0.3, 0.4) is 0 Å². The number of rotatable bonds is 4. The summed E-state index contributed by atoms with van der Waals surface area (Å²) < 4.78 is 14.8. The Balaban J connectivity index is 2.31. The van der Waals surface area contributed by atoms with Crippen LogP contribution >= 0.6 is 39.1 Å². The molecule has 0 saturated carbocycles. The van der Waals surface area contributed by atoms with Crippen LogP contribution in [0.25, 0.3) is 0 Å². The third-order valence-corrected chi connectivity index (χ3v) is 4.55. The molecule has 2 rings (SSSR count). The fraction of sp³-hybridized carbons (Fsp3) is 0.200. The van der Waals surface area contributed by atoms with E-state index in [4.69, 9.17) is 23.2 Å². The van der Waals surface area contributed by atoms with Crippen molar-refractivity contribution in [3.63, 3.8) is 0 Å². The van der Waals surface area contributed by atoms with Gasteiger partial charge >= 0.3 is 0 Å². The first-order chi connectivity index (χ1) is 9.52. The molecule has 0 fully saturated rings. The standard InChI is InChI=1S/C15H13BrCl2FN/c1-20-14(15-10(16)3-2-4-13(15)19)8-9-5-6-11(17)12(18)7-9/h2-7,14,20H,8H2,1H3. The van der Waals surface area contributed by atoms with Crippen LogP contribution in [0.5, 0.6) is 0 Å². The SMILES string of the molecule is CNC(Cc1ccc(Cl)c(Cl)c1)c1c(F)cccc1Br. The van der Waals surface area contributed by atoms with Crippen LogP contribution in [0.2, 0.25) is 10.0 Å². The molecule has 106 valence electrons. The van der Waals surface area contributed by atoms with Crippen LogP contribution in [-0.2, 0) is 6.42 Å². The van der Waals surface area contributed by atoms with E-state index in [0.29, 0.717) is 22.0 Å². The van der Waals surface area contributed by atoms with Crippen LogP contribution in [0.15, 0.2) is 40.9 Å². The molecule has 1 atom stereocenters. The quantitative estimate of drug-likeness (QED) is 0.753. The van der Waals surface area contributed by atoms with Gasteiger partial charge in [0.1, 0.15) is 5.82 Å². The van der Waals surface area contributed by atoms with E-state index in [1.807, 2.05) is 18.2 Å². The second-order valence-corrected chi connectivity index (χ2v) is 6.10. The van der Waals surface area contributed by atoms with Crippen molar-refractivity contribution < 1.29 is 4.39 Å². The topological polar surface area (TPSA) is 12.0 Å². The number of nitrogens with one attached hydrogen (secondary N) is 1. The first-order valence-electron chi connectivity index (χ1n) is 6.08. The zero-order valence-corrected chi connectivity index (χ0v) is 13.9. The summed E-state index contributed by atoms with van der Waals surface area (Å²) in [5.41, 5.74) is 1.61. The maximum atomic E-state index is 14.0. The molecular weight excluding hydrogens is 364 g/mol. The third-order valence-electron chi connectivity index (χ3n) is 3.12. The first kappa shape index (κ1) is 15.8. The maximum absolute atomic E-state index is 14.0. The molecule has 0 radical (unpaired) electrons. The van der Waals surface area contributed by atoms with E-state index in [2.05, 4.69) is 21.2 Å². The first-order valence-corrected chi connectivity index (χ1v) is 7.63. The average molecular weight is 377 g/mol. The summed E-state index contributed by atoms with van der Waals surface area (Å²) in [6.45, 7) is 0. The lowest BCUT2D eigenvalue weighted by Crippen LogP contribution is -2.20. The number of hydrogen-bond donors (Lipinski definition) is 1. The van der Waals surface area contributed by atoms with E-state index >= 15 is 0 Å². The van der Waals surface area contributed by atoms with Crippen molar-refractivity contribution in [3.8, 4) is 0 Å². The smallest absolute Gasteiger partial charge is 0.129 e. The molecule has 2 aromatic carbocycles. The van der Waals surface area contributed by atoms with Crippen molar-refractivity contribution in [2.75, 3.05) is 7.05 Å². The Morgan fingerprint density at radius 3 is 2.55 bits per heavy atom. The summed E-state index contributed by atoms with van der Waals surface area (Å²) in [5.74, 6) is -0.237. The van der Waals surface area contributed by atoms with Gasteiger partial charge in [0, 0.05) is 16.1 Å². The number of likely N-dealkylation sites (N-methyl/N-ethyl adjacent to an activating group) is 1. The molecule has 0 aliphatic rings. The Bertz CT molecular complexity index is 599. The van der Waals surface area contributed by atoms with Gasteiger partial charge in [-0.1, -0.05) is 51.3 Å². The molecule has 1 nitrogen and oxygen atoms in total. The minimum atomic E-state index is -0.237. The van der Waals surface area contributed by atoms with E-state index in [9.17, 15) is 4.39 Å². The molecule has 5 heteroatoms. The van der Waals surface area contributed by atoms with Gasteiger partial charge in [-0.25, -0.2) is 4.39 Å². The van der Waals surface area contributed by atoms with Crippen molar-refractivity contribution in [1.82, 2.24) is 5.32 Å². The van der Waals surface area contributed by atoms with E-state index in [1.165, 1.54) is 6.07 Å². The average Bonchev–Trinajstić information content (AvgIpc) is 2.41. The molecule has 0 aliphatic heterocycles. The van der Waals surface area contributed by atoms with E-state index in [1.54, 1.807) is 19.2 Å². The number of halogens is 4. The Labute approximate surface area is 136 Å². The van der Waals surface area contributed by atoms with Gasteiger partial charge in [-0.05, 0) is 43.3 Å². The monoisotopic (exact) mass is 375 g/mol. The molecule has 0 aromatic heterocycles. The summed E-state index contributed by atoms with van der Waals surface area (Å²) in [4.78, 5) is 0. The van der Waals surface area contributed by atoms with Gasteiger partial charge in [-0.2, -0.15) is 0 Å². The molecule has 1 N–H and O–H groups in total.